The van der Waals surface area contributed by atoms with Gasteiger partial charge in [0.15, 0.2) is 11.9 Å². The number of aromatic nitrogens is 3. The molecule has 1 amide bonds. The van der Waals surface area contributed by atoms with E-state index in [9.17, 15) is 20.1 Å². The number of imidazole rings is 1. The summed E-state index contributed by atoms with van der Waals surface area (Å²) in [4.78, 5) is 21.1. The number of ether oxygens (including phenoxy) is 1. The van der Waals surface area contributed by atoms with Gasteiger partial charge < -0.3 is 36.8 Å². The van der Waals surface area contributed by atoms with Crippen molar-refractivity contribution in [2.24, 2.45) is 5.73 Å². The number of benzene rings is 1. The van der Waals surface area contributed by atoms with E-state index in [0.717, 1.165) is 5.56 Å². The zero-order chi connectivity index (χ0) is 22.1. The Morgan fingerprint density at radius 2 is 2.00 bits per heavy atom. The van der Waals surface area contributed by atoms with Crippen LogP contribution in [0.25, 0.3) is 11.2 Å². The van der Waals surface area contributed by atoms with Crippen molar-refractivity contribution >= 4 is 22.8 Å². The van der Waals surface area contributed by atoms with E-state index in [1.54, 1.807) is 18.2 Å². The van der Waals surface area contributed by atoms with Crippen LogP contribution in [0.4, 0.5) is 5.69 Å². The van der Waals surface area contributed by atoms with Gasteiger partial charge in [-0.15, -0.1) is 0 Å². The Bertz CT molecular complexity index is 1070. The number of phenolic OH excluding ortho intramolecular Hbond substituents is 1. The topological polar surface area (TPSA) is 182 Å². The van der Waals surface area contributed by atoms with E-state index in [1.807, 2.05) is 0 Å². The number of hydrogen-bond donors (Lipinski definition) is 6. The Morgan fingerprint density at radius 3 is 2.71 bits per heavy atom. The molecule has 0 saturated carbocycles. The van der Waals surface area contributed by atoms with Crippen LogP contribution in [0.2, 0.25) is 0 Å². The molecule has 31 heavy (non-hydrogen) atoms. The molecule has 8 N–H and O–H groups in total. The number of aliphatic hydroxyl groups is 2. The van der Waals surface area contributed by atoms with E-state index < -0.39 is 43.0 Å². The second kappa shape index (κ2) is 8.47. The summed E-state index contributed by atoms with van der Waals surface area (Å²) in [6.07, 6.45) is 0.207. The minimum absolute atomic E-state index is 0.119. The van der Waals surface area contributed by atoms with Crippen molar-refractivity contribution in [2.45, 2.75) is 36.9 Å². The smallest absolute Gasteiger partial charge is 0.237 e. The number of fused-ring (bicyclic) bond motifs is 1. The lowest BCUT2D eigenvalue weighted by atomic mass is 10.0. The molecule has 0 spiro atoms. The molecular weight excluding hydrogens is 404 g/mol. The van der Waals surface area contributed by atoms with Crippen LogP contribution >= 0.6 is 0 Å². The molecule has 1 aliphatic heterocycles. The lowest BCUT2D eigenvalue weighted by molar-refractivity contribution is -0.124. The largest absolute Gasteiger partial charge is 0.508 e. The quantitative estimate of drug-likeness (QED) is 0.287. The third kappa shape index (κ3) is 4.03. The molecule has 164 valence electrons. The highest BCUT2D eigenvalue weighted by atomic mass is 16.5. The van der Waals surface area contributed by atoms with Gasteiger partial charge in [-0.3, -0.25) is 9.36 Å². The molecule has 0 radical (unpaired) electrons. The van der Waals surface area contributed by atoms with E-state index in [4.69, 9.17) is 16.2 Å². The number of anilines is 1. The highest BCUT2D eigenvalue weighted by Gasteiger charge is 2.46. The van der Waals surface area contributed by atoms with Gasteiger partial charge in [0, 0.05) is 6.20 Å². The maximum absolute atomic E-state index is 12.6. The van der Waals surface area contributed by atoms with Gasteiger partial charge in [-0.2, -0.15) is 0 Å². The summed E-state index contributed by atoms with van der Waals surface area (Å²) >= 11 is 0. The third-order valence-electron chi connectivity index (χ3n) is 5.36. The van der Waals surface area contributed by atoms with Crippen LogP contribution < -0.4 is 16.8 Å². The van der Waals surface area contributed by atoms with Crippen LogP contribution in [0.5, 0.6) is 5.75 Å². The van der Waals surface area contributed by atoms with Gasteiger partial charge in [-0.05, 0) is 30.2 Å². The molecule has 3 aromatic rings. The van der Waals surface area contributed by atoms with Crippen LogP contribution in [0.1, 0.15) is 11.8 Å². The lowest BCUT2D eigenvalue weighted by Crippen LogP contribution is -2.53. The molecule has 11 nitrogen and oxygen atoms in total. The van der Waals surface area contributed by atoms with Gasteiger partial charge in [0.1, 0.15) is 23.5 Å². The van der Waals surface area contributed by atoms with Gasteiger partial charge >= 0.3 is 0 Å². The fraction of sp³-hybridized carbons (Fsp3) is 0.350. The fourth-order valence-electron chi connectivity index (χ4n) is 3.70. The molecule has 0 aliphatic carbocycles. The number of aliphatic hydroxyl groups excluding tert-OH is 2. The number of nitrogen functional groups attached to an aromatic ring is 1. The summed E-state index contributed by atoms with van der Waals surface area (Å²) in [5.74, 6) is -0.384. The average Bonchev–Trinajstić information content (AvgIpc) is 3.32. The second-order valence-electron chi connectivity index (χ2n) is 7.47. The number of pyridine rings is 1. The predicted molar refractivity (Wildman–Crippen MR) is 111 cm³/mol. The second-order valence-corrected chi connectivity index (χ2v) is 7.47. The minimum Gasteiger partial charge on any atom is -0.508 e. The molecule has 4 rings (SSSR count). The van der Waals surface area contributed by atoms with E-state index in [2.05, 4.69) is 15.3 Å². The summed E-state index contributed by atoms with van der Waals surface area (Å²) in [6, 6.07) is 6.18. The molecular formula is C20H24N6O5. The SMILES string of the molecule is Nc1ccnc2c1ncn2[C@@H]1O[C@H](CO)[C@H](NC(=O)C(N)Cc2ccc(O)cc2)C1O. The highest BCUT2D eigenvalue weighted by molar-refractivity contribution is 5.84. The number of hydrogen-bond acceptors (Lipinski definition) is 9. The van der Waals surface area contributed by atoms with E-state index in [0.29, 0.717) is 16.9 Å². The Hall–Kier alpha value is -3.25. The zero-order valence-electron chi connectivity index (χ0n) is 16.5. The number of nitrogens with zero attached hydrogens (tertiary/aromatic N) is 3. The maximum Gasteiger partial charge on any atom is 0.237 e. The summed E-state index contributed by atoms with van der Waals surface area (Å²) < 4.78 is 7.31. The summed E-state index contributed by atoms with van der Waals surface area (Å²) in [7, 11) is 0. The number of nitrogens with two attached hydrogens (primary N) is 2. The van der Waals surface area contributed by atoms with Crippen molar-refractivity contribution in [1.82, 2.24) is 19.9 Å². The molecule has 1 aliphatic rings. The van der Waals surface area contributed by atoms with Crippen LogP contribution in [-0.4, -0.2) is 66.7 Å². The molecule has 11 heteroatoms. The van der Waals surface area contributed by atoms with Crippen molar-refractivity contribution in [3.8, 4) is 5.75 Å². The zero-order valence-corrected chi connectivity index (χ0v) is 16.5. The maximum atomic E-state index is 12.6. The van der Waals surface area contributed by atoms with E-state index in [-0.39, 0.29) is 12.2 Å². The molecule has 2 aromatic heterocycles. The Morgan fingerprint density at radius 1 is 1.26 bits per heavy atom. The normalized spacial score (nSPS) is 24.4. The first kappa shape index (κ1) is 21.0. The van der Waals surface area contributed by atoms with Crippen molar-refractivity contribution in [2.75, 3.05) is 12.3 Å². The molecule has 1 aromatic carbocycles. The summed E-state index contributed by atoms with van der Waals surface area (Å²) in [6.45, 7) is -0.423. The minimum atomic E-state index is -1.19. The van der Waals surface area contributed by atoms with Crippen LogP contribution in [0.3, 0.4) is 0 Å². The van der Waals surface area contributed by atoms with E-state index >= 15 is 0 Å². The van der Waals surface area contributed by atoms with Crippen molar-refractivity contribution < 1.29 is 24.9 Å². The molecule has 1 fully saturated rings. The van der Waals surface area contributed by atoms with Crippen molar-refractivity contribution in [3.05, 3.63) is 48.4 Å². The van der Waals surface area contributed by atoms with Crippen LogP contribution in [0.15, 0.2) is 42.9 Å². The monoisotopic (exact) mass is 428 g/mol. The average molecular weight is 428 g/mol. The van der Waals surface area contributed by atoms with Gasteiger partial charge in [-0.25, -0.2) is 9.97 Å². The first-order valence-electron chi connectivity index (χ1n) is 9.74. The van der Waals surface area contributed by atoms with Crippen molar-refractivity contribution in [3.63, 3.8) is 0 Å². The third-order valence-corrected chi connectivity index (χ3v) is 5.36. The first-order chi connectivity index (χ1) is 14.9. The number of nitrogens with one attached hydrogen (secondary N) is 1. The van der Waals surface area contributed by atoms with Crippen molar-refractivity contribution in [1.29, 1.82) is 0 Å². The highest BCUT2D eigenvalue weighted by Crippen LogP contribution is 2.32. The number of rotatable bonds is 6. The number of aromatic hydroxyl groups is 1. The van der Waals surface area contributed by atoms with Crippen LogP contribution in [-0.2, 0) is 16.0 Å². The molecule has 2 unspecified atom stereocenters. The number of carbonyl (C=O) groups is 1. The predicted octanol–water partition coefficient (Wildman–Crippen LogP) is -0.975. The molecule has 1 saturated heterocycles. The van der Waals surface area contributed by atoms with Gasteiger partial charge in [0.05, 0.1) is 30.7 Å². The summed E-state index contributed by atoms with van der Waals surface area (Å²) in [5, 5.41) is 32.7. The van der Waals surface area contributed by atoms with Gasteiger partial charge in [0.25, 0.3) is 0 Å². The fourth-order valence-corrected chi connectivity index (χ4v) is 3.70. The first-order valence-corrected chi connectivity index (χ1v) is 9.74. The van der Waals surface area contributed by atoms with Gasteiger partial charge in [0.2, 0.25) is 5.91 Å². The standard InChI is InChI=1S/C20H24N6O5/c21-12-5-6-23-18-15(12)24-9-26(18)20-17(29)16(14(8-27)31-20)25-19(30)13(22)7-10-1-3-11(28)4-2-10/h1-6,9,13-14,16-17,20,27-29H,7-8,22H2,(H2,21,23)(H,25,30)/t13?,14-,16+,17?,20-/m1/s1. The number of amides is 1. The molecule has 0 bridgehead atoms. The van der Waals surface area contributed by atoms with Gasteiger partial charge in [-0.1, -0.05) is 12.1 Å². The van der Waals surface area contributed by atoms with E-state index in [1.165, 1.54) is 29.2 Å². The Balaban J connectivity index is 1.49. The number of carbonyl (C=O) groups excluding carboxylic acids is 1. The summed E-state index contributed by atoms with van der Waals surface area (Å²) in [5.41, 5.74) is 14.0. The van der Waals surface area contributed by atoms with Crippen LogP contribution in [0, 0.1) is 0 Å². The molecule has 3 heterocycles. The lowest BCUT2D eigenvalue weighted by Gasteiger charge is -2.23. The molecule has 5 atom stereocenters. The Labute approximate surface area is 177 Å². The number of phenols is 1. The Kier molecular flexibility index (Phi) is 5.74.